The highest BCUT2D eigenvalue weighted by molar-refractivity contribution is 7.98. The van der Waals surface area contributed by atoms with Gasteiger partial charge in [0.1, 0.15) is 0 Å². The summed E-state index contributed by atoms with van der Waals surface area (Å²) in [5.74, 6) is 0.630. The number of fused-ring (bicyclic) bond motifs is 1. The molecule has 0 unspecified atom stereocenters. The molecule has 7 heteroatoms. The van der Waals surface area contributed by atoms with Gasteiger partial charge in [0.05, 0.1) is 5.56 Å². The van der Waals surface area contributed by atoms with E-state index in [2.05, 4.69) is 0 Å². The average molecular weight is 387 g/mol. The van der Waals surface area contributed by atoms with Crippen LogP contribution in [0.2, 0.25) is 0 Å². The molecule has 27 heavy (non-hydrogen) atoms. The van der Waals surface area contributed by atoms with Crippen LogP contribution < -0.4 is 9.47 Å². The molecule has 2 aromatic carbocycles. The highest BCUT2D eigenvalue weighted by Crippen LogP contribution is 2.32. The summed E-state index contributed by atoms with van der Waals surface area (Å²) in [5, 5.41) is 0. The van der Waals surface area contributed by atoms with Crippen molar-refractivity contribution in [1.82, 2.24) is 4.90 Å². The lowest BCUT2D eigenvalue weighted by Crippen LogP contribution is -2.34. The van der Waals surface area contributed by atoms with Crippen LogP contribution in [0.25, 0.3) is 0 Å². The number of esters is 1. The van der Waals surface area contributed by atoms with Crippen molar-refractivity contribution in [2.24, 2.45) is 0 Å². The number of carbonyl (C=O) groups is 2. The molecular formula is C20H21NO5S. The van der Waals surface area contributed by atoms with E-state index >= 15 is 0 Å². The molecule has 2 aromatic rings. The summed E-state index contributed by atoms with van der Waals surface area (Å²) in [4.78, 5) is 27.2. The fourth-order valence-electron chi connectivity index (χ4n) is 2.67. The lowest BCUT2D eigenvalue weighted by atomic mass is 10.2. The summed E-state index contributed by atoms with van der Waals surface area (Å²) >= 11 is 1.59. The van der Waals surface area contributed by atoms with E-state index in [0.717, 1.165) is 10.5 Å². The quantitative estimate of drug-likeness (QED) is 0.536. The Morgan fingerprint density at radius 1 is 1.11 bits per heavy atom. The van der Waals surface area contributed by atoms with Gasteiger partial charge in [-0.1, -0.05) is 6.07 Å². The van der Waals surface area contributed by atoms with Gasteiger partial charge in [-0.3, -0.25) is 4.79 Å². The van der Waals surface area contributed by atoms with Crippen LogP contribution in [0, 0.1) is 0 Å². The first-order valence-corrected chi connectivity index (χ1v) is 9.80. The van der Waals surface area contributed by atoms with Crippen molar-refractivity contribution < 1.29 is 23.8 Å². The van der Waals surface area contributed by atoms with E-state index in [9.17, 15) is 9.59 Å². The molecule has 0 aromatic heterocycles. The molecular weight excluding hydrogens is 366 g/mol. The minimum Gasteiger partial charge on any atom is -0.454 e. The number of rotatable bonds is 7. The number of hydrogen-bond donors (Lipinski definition) is 0. The SMILES string of the molecule is CCN(Cc1ccc2c(c1)OCO2)C(=O)COC(=O)c1ccc(SC)cc1. The molecule has 142 valence electrons. The molecule has 0 aliphatic carbocycles. The van der Waals surface area contributed by atoms with Crippen LogP contribution in [0.15, 0.2) is 47.4 Å². The maximum absolute atomic E-state index is 12.4. The molecule has 0 atom stereocenters. The van der Waals surface area contributed by atoms with E-state index in [1.807, 2.05) is 43.5 Å². The standard InChI is InChI=1S/C20H21NO5S/c1-3-21(11-14-4-9-17-18(10-14)26-13-25-17)19(22)12-24-20(23)15-5-7-16(27-2)8-6-15/h4-10H,3,11-13H2,1-2H3. The molecule has 0 radical (unpaired) electrons. The number of hydrogen-bond acceptors (Lipinski definition) is 6. The third kappa shape index (κ3) is 4.74. The van der Waals surface area contributed by atoms with E-state index in [1.54, 1.807) is 28.8 Å². The number of nitrogens with zero attached hydrogens (tertiary/aromatic N) is 1. The lowest BCUT2D eigenvalue weighted by molar-refractivity contribution is -0.134. The normalized spacial score (nSPS) is 11.9. The van der Waals surface area contributed by atoms with Crippen molar-refractivity contribution in [1.29, 1.82) is 0 Å². The van der Waals surface area contributed by atoms with E-state index in [1.165, 1.54) is 0 Å². The van der Waals surface area contributed by atoms with Crippen LogP contribution in [-0.4, -0.2) is 43.0 Å². The van der Waals surface area contributed by atoms with Gasteiger partial charge in [-0.15, -0.1) is 11.8 Å². The Kier molecular flexibility index (Phi) is 6.24. The molecule has 0 fully saturated rings. The predicted molar refractivity (Wildman–Crippen MR) is 102 cm³/mol. The van der Waals surface area contributed by atoms with E-state index < -0.39 is 5.97 Å². The minimum atomic E-state index is -0.505. The summed E-state index contributed by atoms with van der Waals surface area (Å²) in [6.45, 7) is 2.72. The maximum Gasteiger partial charge on any atom is 0.338 e. The number of likely N-dealkylation sites (N-methyl/N-ethyl adjacent to an activating group) is 1. The molecule has 0 saturated heterocycles. The highest BCUT2D eigenvalue weighted by atomic mass is 32.2. The predicted octanol–water partition coefficient (Wildman–Crippen LogP) is 3.34. The van der Waals surface area contributed by atoms with Crippen molar-refractivity contribution >= 4 is 23.6 Å². The zero-order valence-electron chi connectivity index (χ0n) is 15.3. The number of thioether (sulfide) groups is 1. The van der Waals surface area contributed by atoms with Crippen LogP contribution in [0.5, 0.6) is 11.5 Å². The van der Waals surface area contributed by atoms with E-state index in [0.29, 0.717) is 30.2 Å². The summed E-state index contributed by atoms with van der Waals surface area (Å²) in [5.41, 5.74) is 1.35. The molecule has 1 aliphatic rings. The first-order valence-electron chi connectivity index (χ1n) is 8.58. The van der Waals surface area contributed by atoms with E-state index in [-0.39, 0.29) is 19.3 Å². The van der Waals surface area contributed by atoms with Gasteiger partial charge in [-0.05, 0) is 55.1 Å². The van der Waals surface area contributed by atoms with Gasteiger partial charge < -0.3 is 19.1 Å². The third-order valence-corrected chi connectivity index (χ3v) is 4.94. The van der Waals surface area contributed by atoms with Crippen molar-refractivity contribution in [3.05, 3.63) is 53.6 Å². The number of amides is 1. The van der Waals surface area contributed by atoms with Crippen molar-refractivity contribution in [3.8, 4) is 11.5 Å². The average Bonchev–Trinajstić information content (AvgIpc) is 3.17. The van der Waals surface area contributed by atoms with Gasteiger partial charge in [0.25, 0.3) is 5.91 Å². The Hall–Kier alpha value is -2.67. The monoisotopic (exact) mass is 387 g/mol. The maximum atomic E-state index is 12.4. The van der Waals surface area contributed by atoms with Crippen molar-refractivity contribution in [3.63, 3.8) is 0 Å². The fraction of sp³-hybridized carbons (Fsp3) is 0.300. The van der Waals surface area contributed by atoms with Crippen LogP contribution in [0.1, 0.15) is 22.8 Å². The second-order valence-corrected chi connectivity index (χ2v) is 6.78. The highest BCUT2D eigenvalue weighted by Gasteiger charge is 2.18. The van der Waals surface area contributed by atoms with Crippen LogP contribution in [0.4, 0.5) is 0 Å². The van der Waals surface area contributed by atoms with Crippen LogP contribution >= 0.6 is 11.8 Å². The Balaban J connectivity index is 1.55. The number of carbonyl (C=O) groups excluding carboxylic acids is 2. The zero-order valence-corrected chi connectivity index (χ0v) is 16.1. The lowest BCUT2D eigenvalue weighted by Gasteiger charge is -2.21. The van der Waals surface area contributed by atoms with Crippen molar-refractivity contribution in [2.75, 3.05) is 26.2 Å². The third-order valence-electron chi connectivity index (χ3n) is 4.20. The summed E-state index contributed by atoms with van der Waals surface area (Å²) < 4.78 is 15.8. The number of benzene rings is 2. The summed E-state index contributed by atoms with van der Waals surface area (Å²) in [6, 6.07) is 12.7. The summed E-state index contributed by atoms with van der Waals surface area (Å²) in [7, 11) is 0. The fourth-order valence-corrected chi connectivity index (χ4v) is 3.07. The van der Waals surface area contributed by atoms with Crippen molar-refractivity contribution in [2.45, 2.75) is 18.4 Å². The second-order valence-electron chi connectivity index (χ2n) is 5.90. The number of ether oxygens (including phenoxy) is 3. The first-order chi connectivity index (χ1) is 13.1. The summed E-state index contributed by atoms with van der Waals surface area (Å²) in [6.07, 6.45) is 1.96. The van der Waals surface area contributed by atoms with Gasteiger partial charge >= 0.3 is 5.97 Å². The Morgan fingerprint density at radius 3 is 2.56 bits per heavy atom. The molecule has 0 saturated carbocycles. The molecule has 1 heterocycles. The van der Waals surface area contributed by atoms with Crippen LogP contribution in [-0.2, 0) is 16.1 Å². The van der Waals surface area contributed by atoms with Gasteiger partial charge in [-0.2, -0.15) is 0 Å². The first kappa shape index (κ1) is 19.1. The second kappa shape index (κ2) is 8.81. The Morgan fingerprint density at radius 2 is 1.85 bits per heavy atom. The molecule has 6 nitrogen and oxygen atoms in total. The largest absolute Gasteiger partial charge is 0.454 e. The Bertz CT molecular complexity index is 822. The topological polar surface area (TPSA) is 65.1 Å². The Labute approximate surface area is 162 Å². The molecule has 0 N–H and O–H groups in total. The van der Waals surface area contributed by atoms with Gasteiger partial charge in [0.2, 0.25) is 6.79 Å². The molecule has 1 amide bonds. The van der Waals surface area contributed by atoms with Gasteiger partial charge in [-0.25, -0.2) is 4.79 Å². The van der Waals surface area contributed by atoms with Gasteiger partial charge in [0.15, 0.2) is 18.1 Å². The molecule has 0 spiro atoms. The van der Waals surface area contributed by atoms with Gasteiger partial charge in [0, 0.05) is 18.0 Å². The molecule has 3 rings (SSSR count). The van der Waals surface area contributed by atoms with Crippen LogP contribution in [0.3, 0.4) is 0 Å². The smallest absolute Gasteiger partial charge is 0.338 e. The molecule has 0 bridgehead atoms. The van der Waals surface area contributed by atoms with E-state index in [4.69, 9.17) is 14.2 Å². The minimum absolute atomic E-state index is 0.211. The zero-order chi connectivity index (χ0) is 19.2. The molecule has 1 aliphatic heterocycles.